The highest BCUT2D eigenvalue weighted by Gasteiger charge is 2.30. The minimum absolute atomic E-state index is 0.0783. The Morgan fingerprint density at radius 1 is 1.08 bits per heavy atom. The number of benzene rings is 2. The molecule has 1 saturated heterocycles. The summed E-state index contributed by atoms with van der Waals surface area (Å²) in [6.45, 7) is 10.0. The highest BCUT2D eigenvalue weighted by molar-refractivity contribution is 7.92. The lowest BCUT2D eigenvalue weighted by Crippen LogP contribution is -2.47. The van der Waals surface area contributed by atoms with Crippen LogP contribution in [0.25, 0.3) is 22.0 Å². The molecule has 6 rings (SSSR count). The number of amides is 1. The van der Waals surface area contributed by atoms with Gasteiger partial charge in [0.25, 0.3) is 0 Å². The first kappa shape index (κ1) is 34.5. The first-order valence-corrected chi connectivity index (χ1v) is 17.9. The van der Waals surface area contributed by atoms with E-state index in [-0.39, 0.29) is 34.9 Å². The number of fused-ring (bicyclic) bond motifs is 1. The fraction of sp³-hybridized carbons (Fsp3) is 0.343. The minimum atomic E-state index is -4.05. The van der Waals surface area contributed by atoms with Gasteiger partial charge in [-0.1, -0.05) is 17.3 Å². The molecule has 262 valence electrons. The highest BCUT2D eigenvalue weighted by Crippen LogP contribution is 2.43. The second kappa shape index (κ2) is 13.5. The molecule has 13 nitrogen and oxygen atoms in total. The van der Waals surface area contributed by atoms with Crippen LogP contribution >= 0.6 is 0 Å². The van der Waals surface area contributed by atoms with Crippen molar-refractivity contribution in [3.8, 4) is 22.9 Å². The number of likely N-dealkylation sites (tertiary alicyclic amines) is 1. The molecular weight excluding hydrogens is 665 g/mol. The van der Waals surface area contributed by atoms with Crippen molar-refractivity contribution in [1.29, 1.82) is 0 Å². The summed E-state index contributed by atoms with van der Waals surface area (Å²) >= 11 is 0. The molecule has 5 aromatic rings. The summed E-state index contributed by atoms with van der Waals surface area (Å²) in [4.78, 5) is 28.1. The van der Waals surface area contributed by atoms with Gasteiger partial charge in [-0.15, -0.1) is 0 Å². The number of anilines is 3. The van der Waals surface area contributed by atoms with Crippen LogP contribution < -0.4 is 14.4 Å². The van der Waals surface area contributed by atoms with E-state index in [9.17, 15) is 13.2 Å². The Bertz CT molecular complexity index is 2170. The Labute approximate surface area is 289 Å². The van der Waals surface area contributed by atoms with E-state index >= 15 is 4.39 Å². The van der Waals surface area contributed by atoms with E-state index in [1.165, 1.54) is 18.2 Å². The molecule has 0 spiro atoms. The van der Waals surface area contributed by atoms with Gasteiger partial charge >= 0.3 is 6.09 Å². The third-order valence-electron chi connectivity index (χ3n) is 7.94. The molecular formula is C35H38FN7O6S. The Balaban J connectivity index is 1.32. The van der Waals surface area contributed by atoms with Crippen molar-refractivity contribution >= 4 is 44.3 Å². The maximum absolute atomic E-state index is 15.6. The van der Waals surface area contributed by atoms with Gasteiger partial charge in [-0.25, -0.2) is 36.9 Å². The topological polar surface area (TPSA) is 153 Å². The number of nitrogens with one attached hydrogen (secondary N) is 1. The summed E-state index contributed by atoms with van der Waals surface area (Å²) in [6, 6.07) is 12.7. The van der Waals surface area contributed by atoms with E-state index in [4.69, 9.17) is 19.0 Å². The summed E-state index contributed by atoms with van der Waals surface area (Å²) in [7, 11) is -4.05. The van der Waals surface area contributed by atoms with Crippen LogP contribution in [0.2, 0.25) is 0 Å². The number of hydrogen-bond acceptors (Lipinski definition) is 11. The van der Waals surface area contributed by atoms with Gasteiger partial charge in [0.15, 0.2) is 5.82 Å². The number of halogens is 1. The summed E-state index contributed by atoms with van der Waals surface area (Å²) in [6.07, 6.45) is 5.44. The standard InChI is InChI=1S/C35H38FN7O6S/c1-21-11-12-24-25(13-14-27(36)30(24)43(50(6,45)46)29-19-22(2)49-41-29)31(21)47-32-26(10-7-16-37-32)28-15-17-38-33(40-28)39-23-9-8-18-42(20-23)34(44)48-35(3,4)5/h7,10-17,19,23H,8-9,18,20H2,1-6H3,(H,38,39,40). The monoisotopic (exact) mass is 703 g/mol. The Hall–Kier alpha value is -5.31. The third kappa shape index (κ3) is 7.47. The zero-order valence-electron chi connectivity index (χ0n) is 28.6. The van der Waals surface area contributed by atoms with Crippen molar-refractivity contribution < 1.29 is 31.6 Å². The zero-order valence-corrected chi connectivity index (χ0v) is 29.4. The second-order valence-electron chi connectivity index (χ2n) is 13.2. The van der Waals surface area contributed by atoms with E-state index in [1.807, 2.05) is 33.8 Å². The summed E-state index contributed by atoms with van der Waals surface area (Å²) in [5.41, 5.74) is 0.983. The van der Waals surface area contributed by atoms with Gasteiger partial charge in [0.2, 0.25) is 21.9 Å². The van der Waals surface area contributed by atoms with Crippen LogP contribution in [-0.4, -0.2) is 70.5 Å². The maximum atomic E-state index is 15.6. The van der Waals surface area contributed by atoms with Crippen LogP contribution in [0.4, 0.5) is 26.6 Å². The lowest BCUT2D eigenvalue weighted by molar-refractivity contribution is 0.0206. The van der Waals surface area contributed by atoms with Crippen molar-refractivity contribution in [3.63, 3.8) is 0 Å². The van der Waals surface area contributed by atoms with E-state index in [2.05, 4.69) is 20.4 Å². The third-order valence-corrected chi connectivity index (χ3v) is 8.97. The molecule has 2 aromatic carbocycles. The van der Waals surface area contributed by atoms with E-state index in [0.717, 1.165) is 23.4 Å². The number of aromatic nitrogens is 4. The Morgan fingerprint density at radius 2 is 1.86 bits per heavy atom. The molecule has 50 heavy (non-hydrogen) atoms. The van der Waals surface area contributed by atoms with Crippen LogP contribution in [0, 0.1) is 19.7 Å². The molecule has 0 aliphatic carbocycles. The largest absolute Gasteiger partial charge is 0.444 e. The summed E-state index contributed by atoms with van der Waals surface area (Å²) in [5.74, 6) is 0.459. The normalized spacial score (nSPS) is 15.2. The zero-order chi connectivity index (χ0) is 35.8. The fourth-order valence-electron chi connectivity index (χ4n) is 5.80. The molecule has 15 heteroatoms. The molecule has 0 saturated carbocycles. The molecule has 1 fully saturated rings. The number of ether oxygens (including phenoxy) is 2. The molecule has 0 radical (unpaired) electrons. The van der Waals surface area contributed by atoms with Gasteiger partial charge in [-0.3, -0.25) is 0 Å². The van der Waals surface area contributed by atoms with Gasteiger partial charge < -0.3 is 24.2 Å². The van der Waals surface area contributed by atoms with Crippen LogP contribution in [0.3, 0.4) is 0 Å². The van der Waals surface area contributed by atoms with Crippen LogP contribution in [0.1, 0.15) is 44.9 Å². The van der Waals surface area contributed by atoms with Crippen molar-refractivity contribution in [2.45, 2.75) is 59.1 Å². The molecule has 4 heterocycles. The molecule has 1 aliphatic rings. The van der Waals surface area contributed by atoms with Crippen molar-refractivity contribution in [1.82, 2.24) is 25.0 Å². The van der Waals surface area contributed by atoms with Crippen LogP contribution in [0.5, 0.6) is 11.6 Å². The van der Waals surface area contributed by atoms with Gasteiger partial charge in [0, 0.05) is 48.4 Å². The molecule has 1 unspecified atom stereocenters. The highest BCUT2D eigenvalue weighted by atomic mass is 32.2. The average Bonchev–Trinajstić information content (AvgIpc) is 3.47. The lowest BCUT2D eigenvalue weighted by atomic mass is 10.0. The van der Waals surface area contributed by atoms with Gasteiger partial charge in [-0.05, 0) is 83.4 Å². The summed E-state index contributed by atoms with van der Waals surface area (Å²) in [5, 5.41) is 7.93. The quantitative estimate of drug-likeness (QED) is 0.176. The fourth-order valence-corrected chi connectivity index (χ4v) is 6.74. The SMILES string of the molecule is Cc1cc(N(c2c(F)ccc3c(Oc4ncccc4-c4ccnc(NC5CCCN(C(=O)OC(C)(C)C)C5)n4)c(C)ccc23)S(C)(=O)=O)no1. The molecule has 0 bridgehead atoms. The first-order valence-electron chi connectivity index (χ1n) is 16.0. The predicted molar refractivity (Wildman–Crippen MR) is 187 cm³/mol. The maximum Gasteiger partial charge on any atom is 0.410 e. The van der Waals surface area contributed by atoms with Crippen molar-refractivity contribution in [3.05, 3.63) is 78.1 Å². The number of sulfonamides is 1. The number of pyridine rings is 1. The Morgan fingerprint density at radius 3 is 2.58 bits per heavy atom. The number of nitrogens with zero attached hydrogens (tertiary/aromatic N) is 6. The van der Waals surface area contributed by atoms with E-state index in [0.29, 0.717) is 52.8 Å². The van der Waals surface area contributed by atoms with E-state index < -0.39 is 21.4 Å². The van der Waals surface area contributed by atoms with Crippen LogP contribution in [0.15, 0.2) is 65.4 Å². The molecule has 1 N–H and O–H groups in total. The van der Waals surface area contributed by atoms with Crippen molar-refractivity contribution in [2.24, 2.45) is 0 Å². The molecule has 1 amide bonds. The Kier molecular flexibility index (Phi) is 9.35. The second-order valence-corrected chi connectivity index (χ2v) is 15.0. The van der Waals surface area contributed by atoms with Gasteiger partial charge in [-0.2, -0.15) is 0 Å². The predicted octanol–water partition coefficient (Wildman–Crippen LogP) is 7.14. The number of carbonyl (C=O) groups is 1. The number of hydrogen-bond donors (Lipinski definition) is 1. The minimum Gasteiger partial charge on any atom is -0.444 e. The molecule has 1 atom stereocenters. The van der Waals surface area contributed by atoms with Gasteiger partial charge in [0.05, 0.1) is 17.5 Å². The first-order chi connectivity index (χ1) is 23.7. The average molecular weight is 704 g/mol. The number of carbonyl (C=O) groups excluding carboxylic acids is 1. The van der Waals surface area contributed by atoms with Gasteiger partial charge in [0.1, 0.15) is 28.6 Å². The van der Waals surface area contributed by atoms with Crippen LogP contribution in [-0.2, 0) is 14.8 Å². The molecule has 1 aliphatic heterocycles. The summed E-state index contributed by atoms with van der Waals surface area (Å²) < 4.78 is 59.6. The number of rotatable bonds is 8. The molecule has 3 aromatic heterocycles. The van der Waals surface area contributed by atoms with Crippen molar-refractivity contribution in [2.75, 3.05) is 29.0 Å². The number of piperidine rings is 1. The number of aryl methyl sites for hydroxylation is 2. The lowest BCUT2D eigenvalue weighted by Gasteiger charge is -2.34. The van der Waals surface area contributed by atoms with E-state index in [1.54, 1.807) is 48.5 Å². The smallest absolute Gasteiger partial charge is 0.410 e.